The molecule has 1 heterocycles. The van der Waals surface area contributed by atoms with Gasteiger partial charge in [-0.05, 0) is 19.1 Å². The van der Waals surface area contributed by atoms with E-state index in [1.165, 1.54) is 30.0 Å². The minimum absolute atomic E-state index is 0.0394. The molecule has 25 heavy (non-hydrogen) atoms. The molecule has 128 valence electrons. The summed E-state index contributed by atoms with van der Waals surface area (Å²) in [5, 5.41) is 9.04. The number of nitrogens with zero attached hydrogens (tertiary/aromatic N) is 3. The molecule has 0 aliphatic heterocycles. The van der Waals surface area contributed by atoms with Crippen LogP contribution in [-0.4, -0.2) is 14.8 Å². The van der Waals surface area contributed by atoms with Crippen LogP contribution in [-0.2, 0) is 12.3 Å². The Labute approximate surface area is 149 Å². The van der Waals surface area contributed by atoms with Crippen molar-refractivity contribution < 1.29 is 8.78 Å². The highest BCUT2D eigenvalue weighted by Gasteiger charge is 2.15. The molecule has 0 saturated carbocycles. The molecule has 0 spiro atoms. The molecule has 0 atom stereocenters. The van der Waals surface area contributed by atoms with Gasteiger partial charge in [0.1, 0.15) is 11.6 Å². The maximum atomic E-state index is 13.8. The van der Waals surface area contributed by atoms with Crippen LogP contribution in [0.1, 0.15) is 11.1 Å². The van der Waals surface area contributed by atoms with E-state index in [0.29, 0.717) is 17.5 Å². The molecule has 0 bridgehead atoms. The van der Waals surface area contributed by atoms with E-state index >= 15 is 0 Å². The summed E-state index contributed by atoms with van der Waals surface area (Å²) in [7, 11) is 0. The Balaban J connectivity index is 1.89. The molecule has 0 aliphatic rings. The number of thioether (sulfide) groups is 1. The van der Waals surface area contributed by atoms with Gasteiger partial charge in [-0.3, -0.25) is 4.57 Å². The van der Waals surface area contributed by atoms with Gasteiger partial charge < -0.3 is 0 Å². The lowest BCUT2D eigenvalue weighted by Gasteiger charge is -2.09. The van der Waals surface area contributed by atoms with Gasteiger partial charge in [-0.25, -0.2) is 8.78 Å². The largest absolute Gasteiger partial charge is 0.298 e. The fourth-order valence-corrected chi connectivity index (χ4v) is 3.38. The van der Waals surface area contributed by atoms with Crippen molar-refractivity contribution in [3.8, 4) is 11.4 Å². The molecule has 3 rings (SSSR count). The van der Waals surface area contributed by atoms with E-state index in [-0.39, 0.29) is 11.3 Å². The van der Waals surface area contributed by atoms with Crippen LogP contribution < -0.4 is 0 Å². The predicted octanol–water partition coefficient (Wildman–Crippen LogP) is 5.01. The van der Waals surface area contributed by atoms with Gasteiger partial charge in [-0.2, -0.15) is 0 Å². The van der Waals surface area contributed by atoms with E-state index in [4.69, 9.17) is 0 Å². The van der Waals surface area contributed by atoms with Crippen LogP contribution in [0.15, 0.2) is 60.3 Å². The first-order chi connectivity index (χ1) is 12.1. The molecule has 6 heteroatoms. The second kappa shape index (κ2) is 7.61. The highest BCUT2D eigenvalue weighted by Crippen LogP contribution is 2.28. The maximum absolute atomic E-state index is 13.8. The monoisotopic (exact) mass is 357 g/mol. The zero-order chi connectivity index (χ0) is 17.8. The zero-order valence-corrected chi connectivity index (χ0v) is 14.6. The molecule has 0 aliphatic carbocycles. The third-order valence-electron chi connectivity index (χ3n) is 3.75. The van der Waals surface area contributed by atoms with Gasteiger partial charge in [-0.15, -0.1) is 16.8 Å². The van der Waals surface area contributed by atoms with Crippen molar-refractivity contribution in [2.24, 2.45) is 0 Å². The highest BCUT2D eigenvalue weighted by molar-refractivity contribution is 7.98. The van der Waals surface area contributed by atoms with Gasteiger partial charge in [0.25, 0.3) is 0 Å². The quantitative estimate of drug-likeness (QED) is 0.459. The van der Waals surface area contributed by atoms with Crippen molar-refractivity contribution in [3.05, 3.63) is 77.9 Å². The van der Waals surface area contributed by atoms with E-state index in [1.807, 2.05) is 35.8 Å². The normalized spacial score (nSPS) is 10.8. The van der Waals surface area contributed by atoms with Crippen LogP contribution in [0.25, 0.3) is 11.4 Å². The minimum Gasteiger partial charge on any atom is -0.298 e. The second-order valence-electron chi connectivity index (χ2n) is 5.56. The van der Waals surface area contributed by atoms with Crippen LogP contribution in [0.3, 0.4) is 0 Å². The van der Waals surface area contributed by atoms with Gasteiger partial charge in [0.05, 0.1) is 0 Å². The van der Waals surface area contributed by atoms with Crippen LogP contribution in [0, 0.1) is 18.6 Å². The number of halogens is 2. The molecule has 0 saturated heterocycles. The van der Waals surface area contributed by atoms with E-state index in [9.17, 15) is 8.78 Å². The highest BCUT2D eigenvalue weighted by atomic mass is 32.2. The van der Waals surface area contributed by atoms with Crippen LogP contribution in [0.2, 0.25) is 0 Å². The SMILES string of the molecule is C=CCn1c(SCc2c(F)cccc2F)nnc1-c1ccc(C)cc1. The van der Waals surface area contributed by atoms with Gasteiger partial charge in [0.2, 0.25) is 0 Å². The molecule has 0 radical (unpaired) electrons. The number of hydrogen-bond acceptors (Lipinski definition) is 3. The van der Waals surface area contributed by atoms with Crippen LogP contribution >= 0.6 is 11.8 Å². The number of benzene rings is 2. The number of aromatic nitrogens is 3. The Morgan fingerprint density at radius 1 is 1.08 bits per heavy atom. The lowest BCUT2D eigenvalue weighted by atomic mass is 10.1. The molecular formula is C19H17F2N3S. The number of rotatable bonds is 6. The first-order valence-corrected chi connectivity index (χ1v) is 8.75. The van der Waals surface area contributed by atoms with Crippen molar-refractivity contribution in [2.45, 2.75) is 24.4 Å². The standard InChI is InChI=1S/C19H17F2N3S/c1-3-11-24-18(14-9-7-13(2)8-10-14)22-23-19(24)25-12-15-16(20)5-4-6-17(15)21/h3-10H,1,11-12H2,2H3. The van der Waals surface area contributed by atoms with Gasteiger partial charge >= 0.3 is 0 Å². The third-order valence-corrected chi connectivity index (χ3v) is 4.74. The summed E-state index contributed by atoms with van der Waals surface area (Å²) < 4.78 is 29.5. The molecule has 2 aromatic carbocycles. The summed E-state index contributed by atoms with van der Waals surface area (Å²) in [6.07, 6.45) is 1.74. The Morgan fingerprint density at radius 2 is 1.76 bits per heavy atom. The maximum Gasteiger partial charge on any atom is 0.192 e. The fraction of sp³-hybridized carbons (Fsp3) is 0.158. The first-order valence-electron chi connectivity index (χ1n) is 7.77. The van der Waals surface area contributed by atoms with Gasteiger partial charge in [0.15, 0.2) is 11.0 Å². The Kier molecular flexibility index (Phi) is 5.28. The van der Waals surface area contributed by atoms with E-state index < -0.39 is 11.6 Å². The van der Waals surface area contributed by atoms with E-state index in [1.54, 1.807) is 6.08 Å². The summed E-state index contributed by atoms with van der Waals surface area (Å²) in [6.45, 7) is 6.29. The summed E-state index contributed by atoms with van der Waals surface area (Å²) in [5.74, 6) is -0.264. The number of aryl methyl sites for hydroxylation is 1. The van der Waals surface area contributed by atoms with Gasteiger partial charge in [0, 0.05) is 23.4 Å². The Bertz CT molecular complexity index is 868. The minimum atomic E-state index is -0.555. The molecule has 0 unspecified atom stereocenters. The summed E-state index contributed by atoms with van der Waals surface area (Å²) in [6, 6.07) is 11.8. The second-order valence-corrected chi connectivity index (χ2v) is 6.50. The molecule has 1 aromatic heterocycles. The summed E-state index contributed by atoms with van der Waals surface area (Å²) in [5.41, 5.74) is 2.13. The predicted molar refractivity (Wildman–Crippen MR) is 96.3 cm³/mol. The lowest BCUT2D eigenvalue weighted by molar-refractivity contribution is 0.566. The number of allylic oxidation sites excluding steroid dienone is 1. The fourth-order valence-electron chi connectivity index (χ4n) is 2.41. The van der Waals surface area contributed by atoms with Gasteiger partial charge in [-0.1, -0.05) is 53.7 Å². The summed E-state index contributed by atoms with van der Waals surface area (Å²) in [4.78, 5) is 0. The molecule has 0 amide bonds. The van der Waals surface area contributed by atoms with Crippen LogP contribution in [0.5, 0.6) is 0 Å². The average Bonchev–Trinajstić information content (AvgIpc) is 2.98. The topological polar surface area (TPSA) is 30.7 Å². The number of hydrogen-bond donors (Lipinski definition) is 0. The van der Waals surface area contributed by atoms with Crippen molar-refractivity contribution in [1.29, 1.82) is 0 Å². The van der Waals surface area contributed by atoms with Crippen LogP contribution in [0.4, 0.5) is 8.78 Å². The Hall–Kier alpha value is -2.47. The third kappa shape index (κ3) is 3.79. The van der Waals surface area contributed by atoms with E-state index in [2.05, 4.69) is 16.8 Å². The Morgan fingerprint density at radius 3 is 2.40 bits per heavy atom. The average molecular weight is 357 g/mol. The summed E-state index contributed by atoms with van der Waals surface area (Å²) >= 11 is 1.25. The van der Waals surface area contributed by atoms with E-state index in [0.717, 1.165) is 11.1 Å². The molecule has 0 N–H and O–H groups in total. The van der Waals surface area contributed by atoms with Crippen molar-refractivity contribution in [1.82, 2.24) is 14.8 Å². The smallest absolute Gasteiger partial charge is 0.192 e. The van der Waals surface area contributed by atoms with Crippen molar-refractivity contribution in [3.63, 3.8) is 0 Å². The lowest BCUT2D eigenvalue weighted by Crippen LogP contribution is -2.01. The zero-order valence-electron chi connectivity index (χ0n) is 13.7. The first kappa shape index (κ1) is 17.4. The molecular weight excluding hydrogens is 340 g/mol. The van der Waals surface area contributed by atoms with Crippen molar-refractivity contribution in [2.75, 3.05) is 0 Å². The molecule has 0 fully saturated rings. The molecule has 3 nitrogen and oxygen atoms in total. The molecule has 3 aromatic rings. The van der Waals surface area contributed by atoms with Crippen molar-refractivity contribution >= 4 is 11.8 Å².